The predicted molar refractivity (Wildman–Crippen MR) is 583 cm³/mol. The smallest absolute Gasteiger partial charge is 0.338 e. The van der Waals surface area contributed by atoms with Crippen molar-refractivity contribution in [3.8, 4) is 5.75 Å². The number of hydrogen-bond acceptors (Lipinski definition) is 25. The molecule has 26 nitrogen and oxygen atoms in total. The predicted octanol–water partition coefficient (Wildman–Crippen LogP) is 25.6. The molecular weight excluding hydrogens is 1830 g/mol. The van der Waals surface area contributed by atoms with Crippen LogP contribution in [0.4, 0.5) is 5.69 Å². The lowest BCUT2D eigenvalue weighted by atomic mass is 10.0. The van der Waals surface area contributed by atoms with Crippen LogP contribution in [0.3, 0.4) is 0 Å². The van der Waals surface area contributed by atoms with Gasteiger partial charge in [0.05, 0.1) is 70.6 Å². The van der Waals surface area contributed by atoms with Crippen molar-refractivity contribution in [2.75, 3.05) is 119 Å². The molecule has 0 aliphatic carbocycles. The first-order valence-corrected chi connectivity index (χ1v) is 51.7. The lowest BCUT2D eigenvalue weighted by molar-refractivity contribution is -0.142. The Morgan fingerprint density at radius 3 is 0.840 bits per heavy atom. The molecule has 0 aliphatic heterocycles. The van der Waals surface area contributed by atoms with Gasteiger partial charge in [0.2, 0.25) is 5.91 Å². The summed E-state index contributed by atoms with van der Waals surface area (Å²) in [5, 5.41) is 2.80. The summed E-state index contributed by atoms with van der Waals surface area (Å²) < 4.78 is 54.4. The maximum absolute atomic E-state index is 11.9. The Morgan fingerprint density at radius 1 is 0.250 bits per heavy atom. The molecule has 816 valence electrons. The van der Waals surface area contributed by atoms with Crippen molar-refractivity contribution >= 4 is 87.5 Å². The molecule has 0 aliphatic rings. The molecule has 0 atom stereocenters. The van der Waals surface area contributed by atoms with E-state index < -0.39 is 0 Å². The van der Waals surface area contributed by atoms with Crippen molar-refractivity contribution in [2.24, 2.45) is 0 Å². The number of ether oxygens (including phenoxy) is 11. The molecule has 6 aromatic rings. The van der Waals surface area contributed by atoms with Gasteiger partial charge in [0, 0.05) is 135 Å². The Morgan fingerprint density at radius 2 is 0.556 bits per heavy atom. The van der Waals surface area contributed by atoms with Crippen LogP contribution in [0.15, 0.2) is 146 Å². The zero-order chi connectivity index (χ0) is 111. The molecule has 1 amide bonds. The summed E-state index contributed by atoms with van der Waals surface area (Å²) in [7, 11) is 3.30. The number of unbranched alkanes of at least 4 members (excludes halogenated alkanes) is 2. The number of aryl methyl sites for hydroxylation is 6. The van der Waals surface area contributed by atoms with E-state index >= 15 is 0 Å². The molecule has 0 saturated carbocycles. The van der Waals surface area contributed by atoms with Crippen LogP contribution >= 0.6 is 0 Å². The minimum Gasteiger partial charge on any atom is -0.463 e. The Balaban J connectivity index is -0.000000236. The van der Waals surface area contributed by atoms with Crippen LogP contribution in [0.25, 0.3) is 0 Å². The maximum atomic E-state index is 11.9. The molecule has 0 saturated heterocycles. The number of ketones is 9. The fraction of sp³-hybridized carbons (Fsp3) is 0.576. The van der Waals surface area contributed by atoms with Gasteiger partial charge in [-0.25, -0.2) is 9.59 Å². The van der Waals surface area contributed by atoms with Gasteiger partial charge in [-0.1, -0.05) is 227 Å². The molecule has 0 spiro atoms. The number of amides is 1. The molecule has 144 heavy (non-hydrogen) atoms. The third-order valence-corrected chi connectivity index (χ3v) is 18.8. The normalized spacial score (nSPS) is 9.56. The fourth-order valence-corrected chi connectivity index (χ4v) is 9.67. The quantitative estimate of drug-likeness (QED) is 0.0122. The molecular formula is C118H189NO25. The first-order valence-electron chi connectivity index (χ1n) is 51.7. The van der Waals surface area contributed by atoms with E-state index in [1.54, 1.807) is 87.0 Å². The number of esters is 4. The van der Waals surface area contributed by atoms with Crippen molar-refractivity contribution in [1.29, 1.82) is 0 Å². The van der Waals surface area contributed by atoms with Gasteiger partial charge in [-0.2, -0.15) is 0 Å². The minimum atomic E-state index is -0.349. The Bertz CT molecular complexity index is 3910. The fourth-order valence-electron chi connectivity index (χ4n) is 9.67. The Kier molecular flexibility index (Phi) is 115. The van der Waals surface area contributed by atoms with Gasteiger partial charge >= 0.3 is 23.9 Å². The summed E-state index contributed by atoms with van der Waals surface area (Å²) in [6.07, 6.45) is 20.5. The number of benzene rings is 6. The van der Waals surface area contributed by atoms with Crippen molar-refractivity contribution in [3.63, 3.8) is 0 Å². The number of carbonyl (C=O) groups is 14. The zero-order valence-electron chi connectivity index (χ0n) is 93.8. The van der Waals surface area contributed by atoms with Gasteiger partial charge in [0.25, 0.3) is 0 Å². The second-order valence-corrected chi connectivity index (χ2v) is 32.3. The van der Waals surface area contributed by atoms with E-state index in [1.165, 1.54) is 73.4 Å². The van der Waals surface area contributed by atoms with E-state index in [0.717, 1.165) is 107 Å². The number of anilines is 1. The molecule has 0 radical (unpaired) electrons. The van der Waals surface area contributed by atoms with Crippen LogP contribution in [0.2, 0.25) is 0 Å². The topological polar surface area (TPSA) is 353 Å². The van der Waals surface area contributed by atoms with Crippen LogP contribution in [-0.2, 0) is 134 Å². The number of methoxy groups -OCH3 is 2. The van der Waals surface area contributed by atoms with E-state index in [4.69, 9.17) is 42.6 Å². The molecule has 1 N–H and O–H groups in total. The zero-order valence-corrected chi connectivity index (χ0v) is 93.8. The molecule has 26 heteroatoms. The van der Waals surface area contributed by atoms with Gasteiger partial charge in [0.15, 0.2) is 11.6 Å². The van der Waals surface area contributed by atoms with Crippen LogP contribution < -0.4 is 10.1 Å². The number of Topliss-reactive ketones (excluding diaryl/α,β-unsaturated/α-hetero) is 9. The third-order valence-electron chi connectivity index (χ3n) is 18.8. The maximum Gasteiger partial charge on any atom is 0.338 e. The van der Waals surface area contributed by atoms with Crippen molar-refractivity contribution < 1.29 is 119 Å². The highest BCUT2D eigenvalue weighted by Crippen LogP contribution is 2.16. The van der Waals surface area contributed by atoms with E-state index in [-0.39, 0.29) is 89.3 Å². The number of hydrogen-bond donors (Lipinski definition) is 1. The Hall–Kier alpha value is -10.6. The van der Waals surface area contributed by atoms with Crippen molar-refractivity contribution in [1.82, 2.24) is 0 Å². The molecule has 0 aromatic heterocycles. The molecule has 0 unspecified atom stereocenters. The van der Waals surface area contributed by atoms with Crippen LogP contribution in [0.5, 0.6) is 5.75 Å². The monoisotopic (exact) mass is 2020 g/mol. The first kappa shape index (κ1) is 149. The number of carbonyl (C=O) groups excluding carboxylic acids is 14. The molecule has 0 bridgehead atoms. The highest BCUT2D eigenvalue weighted by Gasteiger charge is 2.11. The highest BCUT2D eigenvalue weighted by atomic mass is 16.6. The summed E-state index contributed by atoms with van der Waals surface area (Å²) >= 11 is 0. The average Bonchev–Trinajstić information content (AvgIpc) is 0.828. The van der Waals surface area contributed by atoms with Crippen molar-refractivity contribution in [2.45, 2.75) is 341 Å². The van der Waals surface area contributed by atoms with Gasteiger partial charge < -0.3 is 71.8 Å². The summed E-state index contributed by atoms with van der Waals surface area (Å²) in [6.45, 7) is 56.0. The van der Waals surface area contributed by atoms with Gasteiger partial charge in [-0.05, 0) is 215 Å². The average molecular weight is 2020 g/mol. The lowest BCUT2D eigenvalue weighted by Gasteiger charge is -2.06. The highest BCUT2D eigenvalue weighted by molar-refractivity contribution is 5.97. The minimum absolute atomic E-state index is 0.0595. The van der Waals surface area contributed by atoms with E-state index in [9.17, 15) is 67.1 Å². The van der Waals surface area contributed by atoms with E-state index in [1.807, 2.05) is 156 Å². The molecule has 6 rings (SSSR count). The van der Waals surface area contributed by atoms with E-state index in [0.29, 0.717) is 159 Å². The second-order valence-electron chi connectivity index (χ2n) is 32.3. The SMILES string of the molecule is CC(=O)CCOCCOC(C)=O.CCC.CCC(=O)Nc1ccc(CC)cc1.CCC(=O)Oc1ccc(CC)cc1.CCC(C)=O.CCCC.CCCC(=O)c1ccc(CC)cc1.CCCCC(C)=O.CCOC.CCOC(=O)c1ccc(CC)cc1.CCOCCCC(C)=O.CCc1ccc(C(=O)CCCOCCC(C)=O)cc1.CCc1ccc(C(=O)OCCOCCC(C)=O)cc1.COCCOCCC(C)=O. The summed E-state index contributed by atoms with van der Waals surface area (Å²) in [5.41, 5.74) is 11.1. The largest absolute Gasteiger partial charge is 0.463 e. The van der Waals surface area contributed by atoms with Gasteiger partial charge in [-0.15, -0.1) is 0 Å². The molecule has 6 aromatic carbocycles. The summed E-state index contributed by atoms with van der Waals surface area (Å²) in [4.78, 5) is 151. The van der Waals surface area contributed by atoms with Crippen LogP contribution in [-0.4, -0.2) is 195 Å². The van der Waals surface area contributed by atoms with Gasteiger partial charge in [0.1, 0.15) is 59.4 Å². The second kappa shape index (κ2) is 111. The third kappa shape index (κ3) is 109. The number of nitrogens with one attached hydrogen (secondary N) is 1. The van der Waals surface area contributed by atoms with Crippen LogP contribution in [0, 0.1) is 0 Å². The van der Waals surface area contributed by atoms with E-state index in [2.05, 4.69) is 91.0 Å². The van der Waals surface area contributed by atoms with Crippen LogP contribution in [0.1, 0.15) is 377 Å². The summed E-state index contributed by atoms with van der Waals surface area (Å²) in [6, 6.07) is 46.1. The standard InChI is InChI=1S/C16H22O3.C15H20O4.C12H16O.C11H15NO.2C11H14O2.C8H14O4.C7H14O3.C7H14O2.C6H12O.C4H8O.C4H10.C3H8O.C3H8/c1-3-14-6-8-15(9-7-14)16(18)5-4-11-19-12-10-13(2)17;1-3-13-4-6-14(7-5-13)15(17)19-11-10-18-9-8-12(2)16;1-3-5-12(13)11-8-6-10(4-2)7-9-11;1-3-9-5-7-10(8-6-9)12-11(13)4-2;1-3-9-5-7-10(8-6-9)11(12)13-4-2;1-3-9-5-7-10(8-6-9)13-11(12)4-2;1-7(9)3-4-11-5-6-12-8(2)10;1-7(8)3-4-10-6-5-9-2;1-3-9-6-4-5-7(2)8;1-3-4-5-6(2)7;1-3-4(2)5;2*1-3-4-2;1-3-2/h6-9H,3-5,10-12H2,1-2H3;4-7H,3,8-11H2,1-2H3;6-9H,3-5H2,1-2H3;5-8H,3-4H2,1-2H3,(H,12,13);2*5-8H,3-4H2,1-2H3;3-6H2,1-2H3;3-6H2,1-2H3;3-6H2,1-2H3;3-5H2,1-2H3;3H2,1-2H3;3-4H2,1-2H3;3H2,1-2H3;3H2,1-2H3. The number of rotatable bonds is 53. The first-order chi connectivity index (χ1) is 68.8. The molecule has 0 fully saturated rings. The van der Waals surface area contributed by atoms with Crippen molar-refractivity contribution in [3.05, 3.63) is 201 Å². The lowest BCUT2D eigenvalue weighted by Crippen LogP contribution is -2.12. The van der Waals surface area contributed by atoms with Gasteiger partial charge in [-0.3, -0.25) is 43.2 Å². The molecule has 0 heterocycles. The Labute approximate surface area is 868 Å². The summed E-state index contributed by atoms with van der Waals surface area (Å²) in [5.74, 6) is 1.29.